The number of hydrogen-bond donors (Lipinski definition) is 3. The third-order valence-electron chi connectivity index (χ3n) is 3.10. The van der Waals surface area contributed by atoms with Crippen molar-refractivity contribution in [2.75, 3.05) is 11.9 Å². The Labute approximate surface area is 122 Å². The van der Waals surface area contributed by atoms with E-state index in [0.717, 1.165) is 0 Å². The van der Waals surface area contributed by atoms with Crippen molar-refractivity contribution in [2.24, 2.45) is 5.92 Å². The largest absolute Gasteiger partial charge is 0.478 e. The number of carbonyl (C=O) groups is 1. The number of aromatic nitrogens is 1. The van der Waals surface area contributed by atoms with Gasteiger partial charge in [-0.25, -0.2) is 4.79 Å². The van der Waals surface area contributed by atoms with Crippen LogP contribution in [-0.2, 0) is 0 Å². The summed E-state index contributed by atoms with van der Waals surface area (Å²) >= 11 is 0. The Kier molecular flexibility index (Phi) is 4.18. The number of carboxylic acid groups (broad SMARTS) is 1. The van der Waals surface area contributed by atoms with Gasteiger partial charge in [0.15, 0.2) is 5.58 Å². The second-order valence-corrected chi connectivity index (χ2v) is 5.96. The number of anilines is 1. The third-order valence-corrected chi connectivity index (χ3v) is 3.10. The number of hydrogen-bond acceptors (Lipinski definition) is 5. The second kappa shape index (κ2) is 5.73. The van der Waals surface area contributed by atoms with E-state index in [0.29, 0.717) is 30.0 Å². The van der Waals surface area contributed by atoms with Crippen LogP contribution < -0.4 is 5.32 Å². The Morgan fingerprint density at radius 1 is 1.48 bits per heavy atom. The molecule has 0 bridgehead atoms. The molecule has 1 aromatic carbocycles. The van der Waals surface area contributed by atoms with Gasteiger partial charge < -0.3 is 19.9 Å². The molecule has 21 heavy (non-hydrogen) atoms. The molecular weight excluding hydrogens is 272 g/mol. The average molecular weight is 292 g/mol. The van der Waals surface area contributed by atoms with Gasteiger partial charge in [0.25, 0.3) is 6.01 Å². The number of fused-ring (bicyclic) bond motifs is 1. The number of rotatable bonds is 6. The number of aromatic carboxylic acids is 1. The van der Waals surface area contributed by atoms with Crippen LogP contribution >= 0.6 is 0 Å². The van der Waals surface area contributed by atoms with E-state index in [1.165, 1.54) is 12.1 Å². The molecule has 0 fully saturated rings. The lowest BCUT2D eigenvalue weighted by Gasteiger charge is -2.25. The standard InChI is InChI=1S/C15H20N2O4/c1-9(2)7-15(3,20)8-16-14-17-11-5-4-10(13(18)19)6-12(11)21-14/h4-6,9,20H,7-8H2,1-3H3,(H,16,17)(H,18,19). The van der Waals surface area contributed by atoms with Gasteiger partial charge in [-0.1, -0.05) is 13.8 Å². The molecule has 0 spiro atoms. The van der Waals surface area contributed by atoms with Crippen molar-refractivity contribution < 1.29 is 19.4 Å². The maximum atomic E-state index is 10.9. The van der Waals surface area contributed by atoms with E-state index in [2.05, 4.69) is 10.3 Å². The molecule has 1 heterocycles. The Morgan fingerprint density at radius 3 is 2.81 bits per heavy atom. The van der Waals surface area contributed by atoms with Crippen LogP contribution in [-0.4, -0.2) is 33.3 Å². The summed E-state index contributed by atoms with van der Waals surface area (Å²) in [6.45, 7) is 6.15. The molecule has 1 unspecified atom stereocenters. The number of aliphatic hydroxyl groups is 1. The van der Waals surface area contributed by atoms with Crippen LogP contribution in [0.25, 0.3) is 11.1 Å². The first kappa shape index (κ1) is 15.3. The summed E-state index contributed by atoms with van der Waals surface area (Å²) in [5.41, 5.74) is 0.269. The van der Waals surface area contributed by atoms with Gasteiger partial charge in [0.2, 0.25) is 0 Å². The van der Waals surface area contributed by atoms with Crippen LogP contribution in [0.4, 0.5) is 6.01 Å². The van der Waals surface area contributed by atoms with Crippen LogP contribution in [0.3, 0.4) is 0 Å². The Balaban J connectivity index is 2.11. The summed E-state index contributed by atoms with van der Waals surface area (Å²) in [6, 6.07) is 4.78. The molecule has 6 nitrogen and oxygen atoms in total. The molecule has 0 saturated carbocycles. The van der Waals surface area contributed by atoms with Gasteiger partial charge in [0.1, 0.15) is 5.52 Å². The monoisotopic (exact) mass is 292 g/mol. The Bertz CT molecular complexity index is 646. The van der Waals surface area contributed by atoms with Crippen LogP contribution in [0.2, 0.25) is 0 Å². The molecule has 0 aliphatic carbocycles. The Morgan fingerprint density at radius 2 is 2.19 bits per heavy atom. The van der Waals surface area contributed by atoms with Gasteiger partial charge >= 0.3 is 5.97 Å². The summed E-state index contributed by atoms with van der Waals surface area (Å²) in [5, 5.41) is 22.1. The predicted molar refractivity (Wildman–Crippen MR) is 79.5 cm³/mol. The lowest BCUT2D eigenvalue weighted by molar-refractivity contribution is 0.0510. The summed E-state index contributed by atoms with van der Waals surface area (Å²) in [4.78, 5) is 15.1. The molecule has 114 valence electrons. The molecule has 0 aliphatic heterocycles. The van der Waals surface area contributed by atoms with Gasteiger partial charge in [0.05, 0.1) is 11.2 Å². The zero-order valence-electron chi connectivity index (χ0n) is 12.4. The molecule has 0 saturated heterocycles. The molecular formula is C15H20N2O4. The highest BCUT2D eigenvalue weighted by molar-refractivity contribution is 5.92. The third kappa shape index (κ3) is 3.95. The first-order chi connectivity index (χ1) is 9.77. The van der Waals surface area contributed by atoms with Crippen LogP contribution in [0.1, 0.15) is 37.6 Å². The van der Waals surface area contributed by atoms with Gasteiger partial charge in [-0.2, -0.15) is 4.98 Å². The van der Waals surface area contributed by atoms with E-state index in [1.807, 2.05) is 13.8 Å². The molecule has 0 radical (unpaired) electrons. The van der Waals surface area contributed by atoms with Crippen LogP contribution in [0.5, 0.6) is 0 Å². The second-order valence-electron chi connectivity index (χ2n) is 5.96. The minimum atomic E-state index is -1.01. The highest BCUT2D eigenvalue weighted by Crippen LogP contribution is 2.22. The van der Waals surface area contributed by atoms with Crippen molar-refractivity contribution in [3.8, 4) is 0 Å². The first-order valence-electron chi connectivity index (χ1n) is 6.87. The van der Waals surface area contributed by atoms with Gasteiger partial charge in [-0.15, -0.1) is 0 Å². The summed E-state index contributed by atoms with van der Waals surface area (Å²) in [6.07, 6.45) is 0.656. The summed E-state index contributed by atoms with van der Waals surface area (Å²) in [5.74, 6) is -0.633. The minimum absolute atomic E-state index is 0.150. The van der Waals surface area contributed by atoms with Crippen molar-refractivity contribution in [3.63, 3.8) is 0 Å². The number of nitrogens with one attached hydrogen (secondary N) is 1. The van der Waals surface area contributed by atoms with Crippen molar-refractivity contribution in [3.05, 3.63) is 23.8 Å². The number of nitrogens with zero attached hydrogens (tertiary/aromatic N) is 1. The molecule has 0 aliphatic rings. The molecule has 1 atom stereocenters. The fourth-order valence-corrected chi connectivity index (χ4v) is 2.35. The van der Waals surface area contributed by atoms with E-state index in [-0.39, 0.29) is 11.6 Å². The van der Waals surface area contributed by atoms with Gasteiger partial charge in [-0.3, -0.25) is 0 Å². The first-order valence-corrected chi connectivity index (χ1v) is 6.87. The number of benzene rings is 1. The van der Waals surface area contributed by atoms with E-state index < -0.39 is 11.6 Å². The van der Waals surface area contributed by atoms with Crippen LogP contribution in [0.15, 0.2) is 22.6 Å². The number of carboxylic acids is 1. The minimum Gasteiger partial charge on any atom is -0.478 e. The van der Waals surface area contributed by atoms with E-state index in [1.54, 1.807) is 13.0 Å². The van der Waals surface area contributed by atoms with E-state index in [4.69, 9.17) is 9.52 Å². The molecule has 2 rings (SSSR count). The topological polar surface area (TPSA) is 95.6 Å². The molecule has 6 heteroatoms. The highest BCUT2D eigenvalue weighted by atomic mass is 16.4. The number of oxazole rings is 1. The molecule has 3 N–H and O–H groups in total. The van der Waals surface area contributed by atoms with E-state index in [9.17, 15) is 9.90 Å². The zero-order valence-corrected chi connectivity index (χ0v) is 12.4. The van der Waals surface area contributed by atoms with E-state index >= 15 is 0 Å². The fourth-order valence-electron chi connectivity index (χ4n) is 2.35. The highest BCUT2D eigenvalue weighted by Gasteiger charge is 2.22. The predicted octanol–water partition coefficient (Wildman–Crippen LogP) is 2.74. The normalized spacial score (nSPS) is 14.3. The van der Waals surface area contributed by atoms with Crippen molar-refractivity contribution in [1.29, 1.82) is 0 Å². The van der Waals surface area contributed by atoms with Crippen molar-refractivity contribution >= 4 is 23.1 Å². The lowest BCUT2D eigenvalue weighted by Crippen LogP contribution is -2.34. The van der Waals surface area contributed by atoms with Crippen molar-refractivity contribution in [1.82, 2.24) is 4.98 Å². The maximum Gasteiger partial charge on any atom is 0.335 e. The van der Waals surface area contributed by atoms with Crippen LogP contribution in [0, 0.1) is 5.92 Å². The Hall–Kier alpha value is -2.08. The summed E-state index contributed by atoms with van der Waals surface area (Å²) in [7, 11) is 0. The quantitative estimate of drug-likeness (QED) is 0.757. The van der Waals surface area contributed by atoms with Gasteiger partial charge in [-0.05, 0) is 37.5 Å². The van der Waals surface area contributed by atoms with Crippen molar-refractivity contribution in [2.45, 2.75) is 32.8 Å². The molecule has 2 aromatic rings. The fraction of sp³-hybridized carbons (Fsp3) is 0.467. The lowest BCUT2D eigenvalue weighted by atomic mass is 9.94. The smallest absolute Gasteiger partial charge is 0.335 e. The average Bonchev–Trinajstić information content (AvgIpc) is 2.76. The molecule has 1 aromatic heterocycles. The SMILES string of the molecule is CC(C)CC(C)(O)CNc1nc2ccc(C(=O)O)cc2o1. The van der Waals surface area contributed by atoms with Gasteiger partial charge in [0, 0.05) is 6.54 Å². The summed E-state index contributed by atoms with van der Waals surface area (Å²) < 4.78 is 5.46. The zero-order chi connectivity index (χ0) is 15.6. The maximum absolute atomic E-state index is 10.9. The molecule has 0 amide bonds.